The lowest BCUT2D eigenvalue weighted by Crippen LogP contribution is -2.19. The molecule has 0 aliphatic heterocycles. The first-order valence-corrected chi connectivity index (χ1v) is 10.9. The molecule has 4 heteroatoms. The summed E-state index contributed by atoms with van der Waals surface area (Å²) in [5.74, 6) is 5.77. The molecule has 1 rings (SSSR count). The Morgan fingerprint density at radius 3 is 2.43 bits per heavy atom. The molecule has 3 nitrogen and oxygen atoms in total. The van der Waals surface area contributed by atoms with Crippen molar-refractivity contribution in [1.29, 1.82) is 0 Å². The summed E-state index contributed by atoms with van der Waals surface area (Å²) >= 11 is 0. The zero-order valence-electron chi connectivity index (χ0n) is 13.3. The number of rotatable bonds is 6. The van der Waals surface area contributed by atoms with Crippen molar-refractivity contribution in [2.24, 2.45) is 0 Å². The third-order valence-corrected chi connectivity index (χ3v) is 3.91. The van der Waals surface area contributed by atoms with Crippen LogP contribution < -0.4 is 0 Å². The molecular formula is C17H24O3Si. The highest BCUT2D eigenvalue weighted by molar-refractivity contribution is 6.76. The van der Waals surface area contributed by atoms with Gasteiger partial charge in [-0.3, -0.25) is 0 Å². The predicted molar refractivity (Wildman–Crippen MR) is 87.7 cm³/mol. The van der Waals surface area contributed by atoms with Gasteiger partial charge in [0.15, 0.2) is 6.10 Å². The van der Waals surface area contributed by atoms with E-state index in [0.29, 0.717) is 6.61 Å². The van der Waals surface area contributed by atoms with Gasteiger partial charge < -0.3 is 9.47 Å². The Bertz CT molecular complexity index is 494. The number of benzene rings is 1. The van der Waals surface area contributed by atoms with Gasteiger partial charge in [-0.05, 0) is 12.5 Å². The second-order valence-corrected chi connectivity index (χ2v) is 11.4. The van der Waals surface area contributed by atoms with Gasteiger partial charge in [-0.2, -0.15) is 0 Å². The highest BCUT2D eigenvalue weighted by Crippen LogP contribution is 2.18. The Morgan fingerprint density at radius 1 is 1.19 bits per heavy atom. The Balaban J connectivity index is 2.65. The van der Waals surface area contributed by atoms with Gasteiger partial charge in [0, 0.05) is 6.04 Å². The lowest BCUT2D eigenvalue weighted by atomic mass is 10.1. The summed E-state index contributed by atoms with van der Waals surface area (Å²) in [7, 11) is -1.15. The van der Waals surface area contributed by atoms with Crippen LogP contribution >= 0.6 is 0 Å². The van der Waals surface area contributed by atoms with E-state index in [9.17, 15) is 4.79 Å². The zero-order valence-corrected chi connectivity index (χ0v) is 14.3. The Morgan fingerprint density at radius 2 is 1.86 bits per heavy atom. The Hall–Kier alpha value is -1.57. The molecule has 1 aromatic carbocycles. The summed E-state index contributed by atoms with van der Waals surface area (Å²) in [6.45, 7) is 9.18. The van der Waals surface area contributed by atoms with E-state index in [1.165, 1.54) is 0 Å². The lowest BCUT2D eigenvalue weighted by molar-refractivity contribution is -0.156. The van der Waals surface area contributed by atoms with Crippen molar-refractivity contribution in [1.82, 2.24) is 0 Å². The molecule has 1 aromatic rings. The van der Waals surface area contributed by atoms with Crippen LogP contribution in [-0.2, 0) is 14.3 Å². The second kappa shape index (κ2) is 8.66. The predicted octanol–water partition coefficient (Wildman–Crippen LogP) is 3.65. The Kier molecular flexibility index (Phi) is 7.20. The van der Waals surface area contributed by atoms with Gasteiger partial charge in [-0.15, -0.1) is 5.92 Å². The first kappa shape index (κ1) is 17.5. The van der Waals surface area contributed by atoms with Crippen molar-refractivity contribution in [3.8, 4) is 11.8 Å². The molecule has 0 radical (unpaired) electrons. The third kappa shape index (κ3) is 7.12. The summed E-state index contributed by atoms with van der Waals surface area (Å²) in [5, 5.41) is 0. The molecule has 0 aliphatic rings. The van der Waals surface area contributed by atoms with Gasteiger partial charge in [0.05, 0.1) is 14.7 Å². The standard InChI is InChI=1S/C17H24O3Si/c1-5-19-17(18)16(15-11-7-6-8-12-15)20-13-9-10-14-21(2,3)4/h6-8,11-12,16H,5,13-14H2,1-4H3. The van der Waals surface area contributed by atoms with Crippen LogP contribution in [0, 0.1) is 11.8 Å². The molecule has 0 spiro atoms. The highest BCUT2D eigenvalue weighted by Gasteiger charge is 2.22. The molecule has 0 N–H and O–H groups in total. The van der Waals surface area contributed by atoms with Gasteiger partial charge in [0.1, 0.15) is 6.61 Å². The number of carbonyl (C=O) groups excluding carboxylic acids is 1. The minimum absolute atomic E-state index is 0.239. The number of hydrogen-bond donors (Lipinski definition) is 0. The lowest BCUT2D eigenvalue weighted by Gasteiger charge is -2.15. The van der Waals surface area contributed by atoms with Gasteiger partial charge in [0.25, 0.3) is 0 Å². The maximum atomic E-state index is 12.0. The molecule has 1 unspecified atom stereocenters. The van der Waals surface area contributed by atoms with Gasteiger partial charge in [-0.1, -0.05) is 55.9 Å². The topological polar surface area (TPSA) is 35.5 Å². The molecule has 0 aromatic heterocycles. The van der Waals surface area contributed by atoms with E-state index in [1.54, 1.807) is 6.92 Å². The molecule has 0 fully saturated rings. The summed E-state index contributed by atoms with van der Waals surface area (Å²) in [4.78, 5) is 12.0. The van der Waals surface area contributed by atoms with Crippen molar-refractivity contribution in [3.05, 3.63) is 35.9 Å². The normalized spacial score (nSPS) is 12.2. The van der Waals surface area contributed by atoms with E-state index in [-0.39, 0.29) is 12.6 Å². The smallest absolute Gasteiger partial charge is 0.339 e. The van der Waals surface area contributed by atoms with Crippen molar-refractivity contribution >= 4 is 14.0 Å². The minimum atomic E-state index is -1.15. The van der Waals surface area contributed by atoms with Crippen molar-refractivity contribution < 1.29 is 14.3 Å². The molecule has 114 valence electrons. The highest BCUT2D eigenvalue weighted by atomic mass is 28.3. The van der Waals surface area contributed by atoms with Gasteiger partial charge in [-0.25, -0.2) is 4.79 Å². The zero-order chi connectivity index (χ0) is 15.7. The van der Waals surface area contributed by atoms with Crippen LogP contribution in [0.3, 0.4) is 0 Å². The summed E-state index contributed by atoms with van der Waals surface area (Å²) < 4.78 is 10.7. The maximum Gasteiger partial charge on any atom is 0.339 e. The molecule has 1 atom stereocenters. The third-order valence-electron chi connectivity index (χ3n) is 2.67. The molecule has 0 amide bonds. The SMILES string of the molecule is CCOC(=O)C(OCC#CC[Si](C)(C)C)c1ccccc1. The van der Waals surface area contributed by atoms with E-state index in [4.69, 9.17) is 9.47 Å². The largest absolute Gasteiger partial charge is 0.464 e. The number of esters is 1. The first-order chi connectivity index (χ1) is 9.94. The molecule has 21 heavy (non-hydrogen) atoms. The number of hydrogen-bond acceptors (Lipinski definition) is 3. The van der Waals surface area contributed by atoms with E-state index >= 15 is 0 Å². The first-order valence-electron chi connectivity index (χ1n) is 7.23. The molecule has 0 heterocycles. The fourth-order valence-corrected chi connectivity index (χ4v) is 2.31. The number of carbonyl (C=O) groups is 1. The van der Waals surface area contributed by atoms with Crippen LogP contribution in [-0.4, -0.2) is 27.3 Å². The van der Waals surface area contributed by atoms with Crippen molar-refractivity contribution in [2.75, 3.05) is 13.2 Å². The average molecular weight is 304 g/mol. The van der Waals surface area contributed by atoms with E-state index < -0.39 is 14.2 Å². The van der Waals surface area contributed by atoms with E-state index in [1.807, 2.05) is 30.3 Å². The molecule has 0 aliphatic carbocycles. The second-order valence-electron chi connectivity index (χ2n) is 5.94. The van der Waals surface area contributed by atoms with Crippen LogP contribution in [0.4, 0.5) is 0 Å². The summed E-state index contributed by atoms with van der Waals surface area (Å²) in [6.07, 6.45) is -0.702. The van der Waals surface area contributed by atoms with Crippen LogP contribution in [0.15, 0.2) is 30.3 Å². The fourth-order valence-electron chi connectivity index (χ4n) is 1.65. The molecular weight excluding hydrogens is 280 g/mol. The Labute approximate surface area is 128 Å². The number of ether oxygens (including phenoxy) is 2. The summed E-state index contributed by atoms with van der Waals surface area (Å²) in [5.41, 5.74) is 0.794. The molecule has 0 saturated heterocycles. The van der Waals surface area contributed by atoms with Gasteiger partial charge >= 0.3 is 5.97 Å². The fraction of sp³-hybridized carbons (Fsp3) is 0.471. The summed E-state index contributed by atoms with van der Waals surface area (Å²) in [6, 6.07) is 10.3. The quantitative estimate of drug-likeness (QED) is 0.457. The molecule has 0 bridgehead atoms. The van der Waals surface area contributed by atoms with Crippen LogP contribution in [0.2, 0.25) is 25.7 Å². The van der Waals surface area contributed by atoms with Gasteiger partial charge in [0.2, 0.25) is 0 Å². The molecule has 0 saturated carbocycles. The average Bonchev–Trinajstić information content (AvgIpc) is 2.42. The van der Waals surface area contributed by atoms with Crippen LogP contribution in [0.1, 0.15) is 18.6 Å². The maximum absolute atomic E-state index is 12.0. The minimum Gasteiger partial charge on any atom is -0.464 e. The van der Waals surface area contributed by atoms with E-state index in [0.717, 1.165) is 11.6 Å². The van der Waals surface area contributed by atoms with Crippen LogP contribution in [0.5, 0.6) is 0 Å². The van der Waals surface area contributed by atoms with E-state index in [2.05, 4.69) is 31.5 Å². The van der Waals surface area contributed by atoms with Crippen LogP contribution in [0.25, 0.3) is 0 Å². The van der Waals surface area contributed by atoms with Crippen molar-refractivity contribution in [3.63, 3.8) is 0 Å². The van der Waals surface area contributed by atoms with Crippen molar-refractivity contribution in [2.45, 2.75) is 38.7 Å². The monoisotopic (exact) mass is 304 g/mol.